The lowest BCUT2D eigenvalue weighted by Crippen LogP contribution is -2.29. The molecule has 3 heteroatoms. The van der Waals surface area contributed by atoms with Crippen LogP contribution in [0.2, 0.25) is 0 Å². The highest BCUT2D eigenvalue weighted by Crippen LogP contribution is 2.21. The van der Waals surface area contributed by atoms with Crippen LogP contribution in [0.5, 0.6) is 0 Å². The molecule has 0 radical (unpaired) electrons. The Labute approximate surface area is 104 Å². The third-order valence-electron chi connectivity index (χ3n) is 2.94. The summed E-state index contributed by atoms with van der Waals surface area (Å²) in [7, 11) is 0. The first-order valence-corrected chi connectivity index (χ1v) is 6.56. The number of ether oxygens (including phenoxy) is 1. The highest BCUT2D eigenvalue weighted by atomic mass is 16.5. The molecule has 1 aromatic heterocycles. The summed E-state index contributed by atoms with van der Waals surface area (Å²) in [6, 6.07) is 4.03. The minimum Gasteiger partial charge on any atom is -0.372 e. The second-order valence-electron chi connectivity index (χ2n) is 4.35. The fourth-order valence-corrected chi connectivity index (χ4v) is 1.80. The standard InChI is InChI=1S/C14H24N2O/c1-3-5-6-11-17-14(13(15)4-2)12-7-9-16-10-8-12/h7-10,13-14H,3-6,11,15H2,1-2H3. The summed E-state index contributed by atoms with van der Waals surface area (Å²) < 4.78 is 5.93. The minimum absolute atomic E-state index is 0.000133. The van der Waals surface area contributed by atoms with E-state index in [1.807, 2.05) is 12.1 Å². The average Bonchev–Trinajstić information content (AvgIpc) is 2.39. The Kier molecular flexibility index (Phi) is 6.82. The summed E-state index contributed by atoms with van der Waals surface area (Å²) >= 11 is 0. The zero-order valence-corrected chi connectivity index (χ0v) is 10.9. The van der Waals surface area contributed by atoms with Crippen molar-refractivity contribution in [3.05, 3.63) is 30.1 Å². The number of pyridine rings is 1. The van der Waals surface area contributed by atoms with Gasteiger partial charge in [0.1, 0.15) is 0 Å². The summed E-state index contributed by atoms with van der Waals surface area (Å²) in [6.45, 7) is 5.07. The van der Waals surface area contributed by atoms with Crippen LogP contribution in [0.15, 0.2) is 24.5 Å². The molecule has 3 nitrogen and oxygen atoms in total. The predicted octanol–water partition coefficient (Wildman–Crippen LogP) is 3.07. The third-order valence-corrected chi connectivity index (χ3v) is 2.94. The molecule has 0 spiro atoms. The lowest BCUT2D eigenvalue weighted by atomic mass is 10.0. The first-order chi connectivity index (χ1) is 8.29. The van der Waals surface area contributed by atoms with E-state index < -0.39 is 0 Å². The molecule has 96 valence electrons. The molecular weight excluding hydrogens is 212 g/mol. The third kappa shape index (κ3) is 4.84. The molecule has 17 heavy (non-hydrogen) atoms. The normalized spacial score (nSPS) is 14.5. The van der Waals surface area contributed by atoms with Gasteiger partial charge in [-0.3, -0.25) is 4.98 Å². The van der Waals surface area contributed by atoms with Crippen LogP contribution in [0.3, 0.4) is 0 Å². The van der Waals surface area contributed by atoms with Crippen LogP contribution in [0.25, 0.3) is 0 Å². The number of nitrogens with zero attached hydrogens (tertiary/aromatic N) is 1. The Morgan fingerprint density at radius 1 is 1.24 bits per heavy atom. The summed E-state index contributed by atoms with van der Waals surface area (Å²) in [5.74, 6) is 0. The van der Waals surface area contributed by atoms with Gasteiger partial charge in [0.25, 0.3) is 0 Å². The van der Waals surface area contributed by atoms with Gasteiger partial charge >= 0.3 is 0 Å². The van der Waals surface area contributed by atoms with Crippen LogP contribution >= 0.6 is 0 Å². The van der Waals surface area contributed by atoms with Crippen molar-refractivity contribution in [1.29, 1.82) is 0 Å². The van der Waals surface area contributed by atoms with E-state index in [0.29, 0.717) is 0 Å². The molecule has 2 atom stereocenters. The zero-order chi connectivity index (χ0) is 12.5. The first-order valence-electron chi connectivity index (χ1n) is 6.56. The number of nitrogens with two attached hydrogens (primary N) is 1. The van der Waals surface area contributed by atoms with Gasteiger partial charge in [0.2, 0.25) is 0 Å². The number of unbranched alkanes of at least 4 members (excludes halogenated alkanes) is 2. The molecule has 1 aromatic rings. The number of rotatable bonds is 8. The van der Waals surface area contributed by atoms with Crippen LogP contribution in [-0.4, -0.2) is 17.6 Å². The van der Waals surface area contributed by atoms with Gasteiger partial charge in [-0.05, 0) is 30.5 Å². The molecule has 0 saturated carbocycles. The predicted molar refractivity (Wildman–Crippen MR) is 70.7 cm³/mol. The summed E-state index contributed by atoms with van der Waals surface area (Å²) in [5.41, 5.74) is 7.25. The maximum atomic E-state index is 6.12. The molecule has 2 unspecified atom stereocenters. The topological polar surface area (TPSA) is 48.1 Å². The van der Waals surface area contributed by atoms with E-state index >= 15 is 0 Å². The smallest absolute Gasteiger partial charge is 0.0976 e. The zero-order valence-electron chi connectivity index (χ0n) is 10.9. The van der Waals surface area contributed by atoms with Gasteiger partial charge in [-0.15, -0.1) is 0 Å². The molecule has 0 aliphatic rings. The maximum absolute atomic E-state index is 6.12. The Morgan fingerprint density at radius 3 is 2.53 bits per heavy atom. The summed E-state index contributed by atoms with van der Waals surface area (Å²) in [6.07, 6.45) is 8.03. The van der Waals surface area contributed by atoms with E-state index in [4.69, 9.17) is 10.5 Å². The van der Waals surface area contributed by atoms with Crippen LogP contribution < -0.4 is 5.73 Å². The Balaban J connectivity index is 2.55. The van der Waals surface area contributed by atoms with Crippen molar-refractivity contribution < 1.29 is 4.74 Å². The Morgan fingerprint density at radius 2 is 1.94 bits per heavy atom. The van der Waals surface area contributed by atoms with Gasteiger partial charge in [-0.25, -0.2) is 0 Å². The lowest BCUT2D eigenvalue weighted by molar-refractivity contribution is 0.0312. The van der Waals surface area contributed by atoms with Gasteiger partial charge in [0.05, 0.1) is 6.10 Å². The monoisotopic (exact) mass is 236 g/mol. The highest BCUT2D eigenvalue weighted by molar-refractivity contribution is 5.15. The van der Waals surface area contributed by atoms with Crippen molar-refractivity contribution >= 4 is 0 Å². The van der Waals surface area contributed by atoms with E-state index in [0.717, 1.165) is 25.0 Å². The number of hydrogen-bond acceptors (Lipinski definition) is 3. The van der Waals surface area contributed by atoms with Crippen molar-refractivity contribution in [2.24, 2.45) is 5.73 Å². The second kappa shape index (κ2) is 8.20. The number of hydrogen-bond donors (Lipinski definition) is 1. The van der Waals surface area contributed by atoms with E-state index in [-0.39, 0.29) is 12.1 Å². The van der Waals surface area contributed by atoms with Gasteiger partial charge in [-0.2, -0.15) is 0 Å². The minimum atomic E-state index is -0.000133. The molecule has 0 bridgehead atoms. The van der Waals surface area contributed by atoms with Gasteiger partial charge in [0.15, 0.2) is 0 Å². The van der Waals surface area contributed by atoms with E-state index in [9.17, 15) is 0 Å². The lowest BCUT2D eigenvalue weighted by Gasteiger charge is -2.23. The SMILES string of the molecule is CCCCCOC(c1ccncc1)C(N)CC. The van der Waals surface area contributed by atoms with E-state index in [1.54, 1.807) is 12.4 Å². The molecule has 0 aromatic carbocycles. The molecule has 2 N–H and O–H groups in total. The largest absolute Gasteiger partial charge is 0.372 e. The van der Waals surface area contributed by atoms with Crippen molar-refractivity contribution in [3.8, 4) is 0 Å². The Hall–Kier alpha value is -0.930. The highest BCUT2D eigenvalue weighted by Gasteiger charge is 2.18. The average molecular weight is 236 g/mol. The van der Waals surface area contributed by atoms with Crippen LogP contribution in [-0.2, 0) is 4.74 Å². The molecule has 0 aliphatic carbocycles. The Bertz CT molecular complexity index is 290. The molecule has 1 rings (SSSR count). The van der Waals surface area contributed by atoms with Crippen LogP contribution in [0.1, 0.15) is 51.2 Å². The fourth-order valence-electron chi connectivity index (χ4n) is 1.80. The molecule has 1 heterocycles. The van der Waals surface area contributed by atoms with Gasteiger partial charge in [0, 0.05) is 25.0 Å². The van der Waals surface area contributed by atoms with Crippen molar-refractivity contribution in [3.63, 3.8) is 0 Å². The molecule has 0 aliphatic heterocycles. The van der Waals surface area contributed by atoms with Crippen molar-refractivity contribution in [2.45, 2.75) is 51.7 Å². The molecule has 0 amide bonds. The maximum Gasteiger partial charge on any atom is 0.0976 e. The van der Waals surface area contributed by atoms with Gasteiger partial charge < -0.3 is 10.5 Å². The quantitative estimate of drug-likeness (QED) is 0.706. The van der Waals surface area contributed by atoms with Crippen molar-refractivity contribution in [1.82, 2.24) is 4.98 Å². The van der Waals surface area contributed by atoms with Crippen LogP contribution in [0, 0.1) is 0 Å². The van der Waals surface area contributed by atoms with E-state index in [1.165, 1.54) is 12.8 Å². The second-order valence-corrected chi connectivity index (χ2v) is 4.35. The summed E-state index contributed by atoms with van der Waals surface area (Å²) in [5, 5.41) is 0. The van der Waals surface area contributed by atoms with Crippen molar-refractivity contribution in [2.75, 3.05) is 6.61 Å². The van der Waals surface area contributed by atoms with Crippen LogP contribution in [0.4, 0.5) is 0 Å². The molecule has 0 saturated heterocycles. The molecular formula is C14H24N2O. The molecule has 0 fully saturated rings. The fraction of sp³-hybridized carbons (Fsp3) is 0.643. The summed E-state index contributed by atoms with van der Waals surface area (Å²) in [4.78, 5) is 4.03. The first kappa shape index (κ1) is 14.1. The van der Waals surface area contributed by atoms with E-state index in [2.05, 4.69) is 18.8 Å². The van der Waals surface area contributed by atoms with Gasteiger partial charge in [-0.1, -0.05) is 26.7 Å². The number of aromatic nitrogens is 1.